The van der Waals surface area contributed by atoms with Gasteiger partial charge in [-0.25, -0.2) is 13.0 Å². The molecule has 0 unspecified atom stereocenters. The minimum absolute atomic E-state index is 0.0851. The van der Waals surface area contributed by atoms with Gasteiger partial charge in [0.25, 0.3) is 10.0 Å². The summed E-state index contributed by atoms with van der Waals surface area (Å²) in [6.45, 7) is 2.40. The molecule has 3 rings (SSSR count). The Bertz CT molecular complexity index is 1210. The van der Waals surface area contributed by atoms with Crippen LogP contribution < -0.4 is 25.2 Å². The first-order valence-electron chi connectivity index (χ1n) is 10.1. The number of hydrogen-bond donors (Lipinski definition) is 3. The van der Waals surface area contributed by atoms with Gasteiger partial charge in [-0.2, -0.15) is 0 Å². The van der Waals surface area contributed by atoms with Crippen LogP contribution in [-0.2, 0) is 21.4 Å². The van der Waals surface area contributed by atoms with Gasteiger partial charge in [0.2, 0.25) is 5.91 Å². The maximum Gasteiger partial charge on any atom is 0.264 e. The molecule has 0 aliphatic carbocycles. The molecule has 0 saturated carbocycles. The van der Waals surface area contributed by atoms with Crippen molar-refractivity contribution in [2.45, 2.75) is 24.8 Å². The average molecular weight is 455 g/mol. The largest absolute Gasteiger partial charge is 0.398 e. The molecule has 3 aromatic rings. The molecule has 0 bridgehead atoms. The number of para-hydroxylation sites is 1. The molecule has 168 valence electrons. The summed E-state index contributed by atoms with van der Waals surface area (Å²) in [5.41, 5.74) is 8.96. The van der Waals surface area contributed by atoms with E-state index in [1.54, 1.807) is 43.4 Å². The van der Waals surface area contributed by atoms with Crippen molar-refractivity contribution in [3.05, 3.63) is 72.6 Å². The lowest BCUT2D eigenvalue weighted by molar-refractivity contribution is -0.701. The van der Waals surface area contributed by atoms with Crippen LogP contribution >= 0.6 is 0 Å². The van der Waals surface area contributed by atoms with Crippen molar-refractivity contribution in [1.82, 2.24) is 0 Å². The molecule has 0 radical (unpaired) electrons. The number of aromatic nitrogens is 1. The number of carbonyl (C=O) groups is 1. The van der Waals surface area contributed by atoms with Crippen LogP contribution in [0.25, 0.3) is 0 Å². The number of nitrogens with zero attached hydrogens (tertiary/aromatic N) is 2. The van der Waals surface area contributed by atoms with Crippen LogP contribution in [0, 0.1) is 6.92 Å². The average Bonchev–Trinajstić information content (AvgIpc) is 2.78. The summed E-state index contributed by atoms with van der Waals surface area (Å²) in [6, 6.07) is 17.1. The molecule has 0 atom stereocenters. The van der Waals surface area contributed by atoms with Crippen LogP contribution in [0.15, 0.2) is 71.8 Å². The van der Waals surface area contributed by atoms with E-state index in [0.29, 0.717) is 29.3 Å². The van der Waals surface area contributed by atoms with Crippen molar-refractivity contribution >= 4 is 38.7 Å². The Morgan fingerprint density at radius 1 is 1.06 bits per heavy atom. The molecule has 2 aromatic carbocycles. The predicted octanol–water partition coefficient (Wildman–Crippen LogP) is 2.76. The van der Waals surface area contributed by atoms with E-state index in [0.717, 1.165) is 5.69 Å². The van der Waals surface area contributed by atoms with E-state index in [2.05, 4.69) is 10.6 Å². The highest BCUT2D eigenvalue weighted by molar-refractivity contribution is 7.92. The summed E-state index contributed by atoms with van der Waals surface area (Å²) in [4.78, 5) is 12.7. The summed E-state index contributed by atoms with van der Waals surface area (Å²) in [5, 5.41) is 5.82. The molecule has 8 nitrogen and oxygen atoms in total. The van der Waals surface area contributed by atoms with Crippen molar-refractivity contribution in [3.8, 4) is 0 Å². The number of amides is 1. The minimum atomic E-state index is -3.80. The lowest BCUT2D eigenvalue weighted by Crippen LogP contribution is -2.38. The molecule has 9 heteroatoms. The van der Waals surface area contributed by atoms with Crippen LogP contribution in [-0.4, -0.2) is 28.4 Å². The normalized spacial score (nSPS) is 11.1. The molecule has 0 spiro atoms. The van der Waals surface area contributed by atoms with E-state index in [1.807, 2.05) is 29.8 Å². The number of carbonyl (C=O) groups excluding carboxylic acids is 1. The van der Waals surface area contributed by atoms with Gasteiger partial charge in [0.05, 0.1) is 28.4 Å². The zero-order valence-electron chi connectivity index (χ0n) is 18.4. The molecule has 0 saturated heterocycles. The van der Waals surface area contributed by atoms with Gasteiger partial charge < -0.3 is 16.4 Å². The Balaban J connectivity index is 1.79. The minimum Gasteiger partial charge on any atom is -0.398 e. The number of nitrogens with one attached hydrogen (secondary N) is 2. The molecule has 4 N–H and O–H groups in total. The third-order valence-corrected chi connectivity index (χ3v) is 6.95. The van der Waals surface area contributed by atoms with Crippen molar-refractivity contribution in [3.63, 3.8) is 0 Å². The van der Waals surface area contributed by atoms with Crippen molar-refractivity contribution in [2.75, 3.05) is 34.8 Å². The van der Waals surface area contributed by atoms with E-state index >= 15 is 0 Å². The lowest BCUT2D eigenvalue weighted by atomic mass is 10.2. The fourth-order valence-electron chi connectivity index (χ4n) is 3.29. The maximum absolute atomic E-state index is 13.1. The van der Waals surface area contributed by atoms with Crippen LogP contribution in [0.1, 0.15) is 12.1 Å². The predicted molar refractivity (Wildman–Crippen MR) is 127 cm³/mol. The number of aryl methyl sites for hydroxylation is 2. The van der Waals surface area contributed by atoms with Gasteiger partial charge in [-0.15, -0.1) is 0 Å². The maximum atomic E-state index is 13.1. The molecule has 0 fully saturated rings. The van der Waals surface area contributed by atoms with Gasteiger partial charge >= 0.3 is 0 Å². The lowest BCUT2D eigenvalue weighted by Gasteiger charge is -2.20. The van der Waals surface area contributed by atoms with Crippen LogP contribution in [0.4, 0.5) is 22.7 Å². The van der Waals surface area contributed by atoms with Crippen LogP contribution in [0.5, 0.6) is 0 Å². The van der Waals surface area contributed by atoms with Gasteiger partial charge in [0.15, 0.2) is 18.4 Å². The number of hydrogen-bond acceptors (Lipinski definition) is 5. The highest BCUT2D eigenvalue weighted by atomic mass is 32.2. The zero-order valence-corrected chi connectivity index (χ0v) is 19.2. The summed E-state index contributed by atoms with van der Waals surface area (Å²) < 4.78 is 29.4. The number of rotatable bonds is 8. The van der Waals surface area contributed by atoms with Gasteiger partial charge in [-0.1, -0.05) is 18.2 Å². The second-order valence-electron chi connectivity index (χ2n) is 7.36. The SMILES string of the molecule is CNc1ccc(S(=O)(=O)N(C)c2ccccc2)cc1NC(=O)CC[n+]1ccc(N)cc1C. The molecular weight excluding hydrogens is 426 g/mol. The molecular formula is C23H28N5O3S+. The standard InChI is InChI=1S/C23H27N5O3S/c1-17-15-18(24)11-13-28(17)14-12-23(29)26-22-16-20(9-10-21(22)25-2)32(30,31)27(3)19-7-5-4-6-8-19/h4-11,13,15-16,24-25H,12,14H2,1-3H3,(H,26,29)/p+1. The van der Waals surface area contributed by atoms with Crippen molar-refractivity contribution in [1.29, 1.82) is 0 Å². The van der Waals surface area contributed by atoms with Gasteiger partial charge in [0, 0.05) is 38.8 Å². The summed E-state index contributed by atoms with van der Waals surface area (Å²) in [5.74, 6) is -0.226. The van der Waals surface area contributed by atoms with E-state index in [-0.39, 0.29) is 17.2 Å². The first-order valence-corrected chi connectivity index (χ1v) is 11.6. The number of nitrogen functional groups attached to an aromatic ring is 1. The summed E-state index contributed by atoms with van der Waals surface area (Å²) in [7, 11) is -0.590. The van der Waals surface area contributed by atoms with Crippen LogP contribution in [0.3, 0.4) is 0 Å². The molecule has 0 aliphatic heterocycles. The summed E-state index contributed by atoms with van der Waals surface area (Å²) in [6.07, 6.45) is 2.06. The number of anilines is 4. The van der Waals surface area contributed by atoms with E-state index < -0.39 is 10.0 Å². The third kappa shape index (κ3) is 5.17. The Morgan fingerprint density at radius 2 is 1.78 bits per heavy atom. The molecule has 1 heterocycles. The number of pyridine rings is 1. The van der Waals surface area contributed by atoms with Crippen molar-refractivity contribution in [2.24, 2.45) is 0 Å². The molecule has 1 aromatic heterocycles. The summed E-state index contributed by atoms with van der Waals surface area (Å²) >= 11 is 0. The van der Waals surface area contributed by atoms with E-state index in [9.17, 15) is 13.2 Å². The van der Waals surface area contributed by atoms with Gasteiger partial charge in [-0.05, 0) is 30.3 Å². The Kier molecular flexibility index (Phi) is 6.99. The highest BCUT2D eigenvalue weighted by Gasteiger charge is 2.23. The number of nitrogens with two attached hydrogens (primary N) is 1. The first kappa shape index (κ1) is 23.1. The monoisotopic (exact) mass is 454 g/mol. The fourth-order valence-corrected chi connectivity index (χ4v) is 4.51. The number of sulfonamides is 1. The number of benzene rings is 2. The van der Waals surface area contributed by atoms with Crippen molar-refractivity contribution < 1.29 is 17.8 Å². The first-order chi connectivity index (χ1) is 15.2. The fraction of sp³-hybridized carbons (Fsp3) is 0.217. The van der Waals surface area contributed by atoms with Crippen LogP contribution in [0.2, 0.25) is 0 Å². The zero-order chi connectivity index (χ0) is 23.3. The molecule has 32 heavy (non-hydrogen) atoms. The Hall–Kier alpha value is -3.59. The third-order valence-electron chi connectivity index (χ3n) is 5.17. The van der Waals surface area contributed by atoms with E-state index in [4.69, 9.17) is 5.73 Å². The highest BCUT2D eigenvalue weighted by Crippen LogP contribution is 2.28. The second kappa shape index (κ2) is 9.69. The quantitative estimate of drug-likeness (QED) is 0.454. The van der Waals surface area contributed by atoms with Gasteiger partial charge in [0.1, 0.15) is 0 Å². The van der Waals surface area contributed by atoms with E-state index in [1.165, 1.54) is 23.5 Å². The topological polar surface area (TPSA) is 108 Å². The Morgan fingerprint density at radius 3 is 2.44 bits per heavy atom. The smallest absolute Gasteiger partial charge is 0.264 e. The van der Waals surface area contributed by atoms with Gasteiger partial charge in [-0.3, -0.25) is 9.10 Å². The second-order valence-corrected chi connectivity index (χ2v) is 9.33. The molecule has 1 amide bonds. The Labute approximate surface area is 188 Å². The molecule has 0 aliphatic rings.